The molecule has 4 nitrogen and oxygen atoms in total. The highest BCUT2D eigenvalue weighted by Gasteiger charge is 2.09. The van der Waals surface area contributed by atoms with Crippen molar-refractivity contribution in [2.45, 2.75) is 13.8 Å². The number of halogens is 1. The van der Waals surface area contributed by atoms with E-state index in [1.807, 2.05) is 32.0 Å². The zero-order valence-electron chi connectivity index (χ0n) is 11.3. The maximum absolute atomic E-state index is 11.3. The molecule has 0 aliphatic rings. The van der Waals surface area contributed by atoms with Crippen LogP contribution < -0.4 is 16.8 Å². The van der Waals surface area contributed by atoms with Crippen LogP contribution in [0.5, 0.6) is 0 Å². The molecule has 1 amide bonds. The number of anilines is 3. The molecule has 0 aliphatic heterocycles. The number of benzene rings is 2. The van der Waals surface area contributed by atoms with Gasteiger partial charge >= 0.3 is 0 Å². The highest BCUT2D eigenvalue weighted by molar-refractivity contribution is 9.10. The highest BCUT2D eigenvalue weighted by atomic mass is 79.9. The topological polar surface area (TPSA) is 81.1 Å². The number of nitrogens with one attached hydrogen (secondary N) is 1. The van der Waals surface area contributed by atoms with E-state index in [1.54, 1.807) is 12.1 Å². The molecule has 2 aromatic carbocycles. The predicted molar refractivity (Wildman–Crippen MR) is 86.3 cm³/mol. The van der Waals surface area contributed by atoms with Crippen molar-refractivity contribution in [3.8, 4) is 0 Å². The summed E-state index contributed by atoms with van der Waals surface area (Å²) in [6.45, 7) is 4.04. The predicted octanol–water partition coefficient (Wildman–Crippen LogP) is 3.49. The van der Waals surface area contributed by atoms with E-state index in [0.717, 1.165) is 27.0 Å². The minimum Gasteiger partial charge on any atom is -0.398 e. The Balaban J connectivity index is 2.41. The van der Waals surface area contributed by atoms with Gasteiger partial charge in [-0.2, -0.15) is 0 Å². The van der Waals surface area contributed by atoms with E-state index in [2.05, 4.69) is 21.2 Å². The largest absolute Gasteiger partial charge is 0.398 e. The fraction of sp³-hybridized carbons (Fsp3) is 0.133. The van der Waals surface area contributed by atoms with E-state index in [0.29, 0.717) is 11.3 Å². The Morgan fingerprint density at radius 2 is 1.75 bits per heavy atom. The molecule has 2 rings (SSSR count). The van der Waals surface area contributed by atoms with Gasteiger partial charge in [0.15, 0.2) is 0 Å². The van der Waals surface area contributed by atoms with E-state index in [1.165, 1.54) is 0 Å². The van der Waals surface area contributed by atoms with Crippen LogP contribution in [0.15, 0.2) is 34.8 Å². The lowest BCUT2D eigenvalue weighted by Gasteiger charge is -2.14. The number of rotatable bonds is 3. The summed E-state index contributed by atoms with van der Waals surface area (Å²) in [5, 5.41) is 3.31. The van der Waals surface area contributed by atoms with Crippen LogP contribution in [-0.4, -0.2) is 5.91 Å². The zero-order valence-corrected chi connectivity index (χ0v) is 12.9. The van der Waals surface area contributed by atoms with Crippen molar-refractivity contribution in [1.29, 1.82) is 0 Å². The number of nitrogen functional groups attached to an aromatic ring is 1. The molecule has 2 aromatic rings. The highest BCUT2D eigenvalue weighted by Crippen LogP contribution is 2.29. The van der Waals surface area contributed by atoms with Crippen LogP contribution in [0, 0.1) is 13.8 Å². The Morgan fingerprint density at radius 3 is 2.30 bits per heavy atom. The molecule has 0 saturated carbocycles. The van der Waals surface area contributed by atoms with Crippen molar-refractivity contribution >= 4 is 38.9 Å². The minimum atomic E-state index is -0.532. The van der Waals surface area contributed by atoms with Gasteiger partial charge in [0.2, 0.25) is 0 Å². The lowest BCUT2D eigenvalue weighted by molar-refractivity contribution is 0.100. The molecule has 0 heterocycles. The summed E-state index contributed by atoms with van der Waals surface area (Å²) in [5.41, 5.74) is 15.7. The molecule has 0 spiro atoms. The first-order chi connectivity index (χ1) is 9.38. The second-order valence-corrected chi connectivity index (χ2v) is 5.62. The molecule has 0 fully saturated rings. The average Bonchev–Trinajstić information content (AvgIpc) is 2.35. The van der Waals surface area contributed by atoms with Crippen molar-refractivity contribution < 1.29 is 4.79 Å². The maximum atomic E-state index is 11.3. The van der Waals surface area contributed by atoms with Crippen LogP contribution in [0.25, 0.3) is 0 Å². The van der Waals surface area contributed by atoms with E-state index < -0.39 is 5.91 Å². The lowest BCUT2D eigenvalue weighted by Crippen LogP contribution is -2.13. The molecule has 0 aliphatic carbocycles. The first-order valence-electron chi connectivity index (χ1n) is 6.11. The number of hydrogen-bond acceptors (Lipinski definition) is 3. The van der Waals surface area contributed by atoms with Gasteiger partial charge < -0.3 is 16.8 Å². The molecular weight excluding hydrogens is 318 g/mol. The summed E-state index contributed by atoms with van der Waals surface area (Å²) in [7, 11) is 0. The normalized spacial score (nSPS) is 10.3. The standard InChI is InChI=1S/C15H16BrN3O/c1-8-5-10(16)6-9(2)14(8)19-11-3-4-13(17)12(7-11)15(18)20/h3-7,19H,17H2,1-2H3,(H2,18,20). The Morgan fingerprint density at radius 1 is 1.15 bits per heavy atom. The first-order valence-corrected chi connectivity index (χ1v) is 6.91. The molecule has 5 heteroatoms. The molecule has 20 heavy (non-hydrogen) atoms. The molecule has 0 radical (unpaired) electrons. The lowest BCUT2D eigenvalue weighted by atomic mass is 10.1. The smallest absolute Gasteiger partial charge is 0.250 e. The number of nitrogens with two attached hydrogens (primary N) is 2. The summed E-state index contributed by atoms with van der Waals surface area (Å²) in [5.74, 6) is -0.532. The molecule has 5 N–H and O–H groups in total. The fourth-order valence-electron chi connectivity index (χ4n) is 2.10. The van der Waals surface area contributed by atoms with Gasteiger partial charge in [-0.1, -0.05) is 15.9 Å². The molecule has 0 unspecified atom stereocenters. The molecule has 104 valence electrons. The van der Waals surface area contributed by atoms with Gasteiger partial charge in [-0.3, -0.25) is 4.79 Å². The van der Waals surface area contributed by atoms with Gasteiger partial charge in [0.1, 0.15) is 0 Å². The van der Waals surface area contributed by atoms with Crippen molar-refractivity contribution in [2.24, 2.45) is 5.73 Å². The van der Waals surface area contributed by atoms with E-state index in [9.17, 15) is 4.79 Å². The van der Waals surface area contributed by atoms with Crippen molar-refractivity contribution in [2.75, 3.05) is 11.1 Å². The SMILES string of the molecule is Cc1cc(Br)cc(C)c1Nc1ccc(N)c(C(N)=O)c1. The van der Waals surface area contributed by atoms with Gasteiger partial charge in [0.25, 0.3) is 5.91 Å². The molecular formula is C15H16BrN3O. The number of hydrogen-bond donors (Lipinski definition) is 3. The van der Waals surface area contributed by atoms with Crippen molar-refractivity contribution in [1.82, 2.24) is 0 Å². The monoisotopic (exact) mass is 333 g/mol. The summed E-state index contributed by atoms with van der Waals surface area (Å²) in [6, 6.07) is 9.22. The van der Waals surface area contributed by atoms with Gasteiger partial charge in [0, 0.05) is 21.5 Å². The number of carbonyl (C=O) groups excluding carboxylic acids is 1. The van der Waals surface area contributed by atoms with E-state index in [4.69, 9.17) is 11.5 Å². The van der Waals surface area contributed by atoms with Gasteiger partial charge in [-0.15, -0.1) is 0 Å². The summed E-state index contributed by atoms with van der Waals surface area (Å²) in [6.07, 6.45) is 0. The molecule has 0 atom stereocenters. The van der Waals surface area contributed by atoms with Gasteiger partial charge in [0.05, 0.1) is 5.56 Å². The van der Waals surface area contributed by atoms with Crippen LogP contribution in [0.2, 0.25) is 0 Å². The molecule has 0 saturated heterocycles. The number of carbonyl (C=O) groups is 1. The van der Waals surface area contributed by atoms with E-state index in [-0.39, 0.29) is 0 Å². The van der Waals surface area contributed by atoms with E-state index >= 15 is 0 Å². The van der Waals surface area contributed by atoms with Crippen LogP contribution in [-0.2, 0) is 0 Å². The fourth-order valence-corrected chi connectivity index (χ4v) is 2.79. The van der Waals surface area contributed by atoms with Crippen LogP contribution in [0.4, 0.5) is 17.1 Å². The Bertz CT molecular complexity index is 660. The average molecular weight is 334 g/mol. The van der Waals surface area contributed by atoms with Gasteiger partial charge in [-0.25, -0.2) is 0 Å². The van der Waals surface area contributed by atoms with Crippen LogP contribution in [0.1, 0.15) is 21.5 Å². The number of amides is 1. The third-order valence-electron chi connectivity index (χ3n) is 3.09. The van der Waals surface area contributed by atoms with Gasteiger partial charge in [-0.05, 0) is 55.3 Å². The second kappa shape index (κ2) is 5.54. The summed E-state index contributed by atoms with van der Waals surface area (Å²) in [4.78, 5) is 11.3. The number of aryl methyl sites for hydroxylation is 2. The third-order valence-corrected chi connectivity index (χ3v) is 3.54. The number of primary amides is 1. The Labute approximate surface area is 126 Å². The molecule has 0 aromatic heterocycles. The third kappa shape index (κ3) is 2.93. The summed E-state index contributed by atoms with van der Waals surface area (Å²) >= 11 is 3.47. The van der Waals surface area contributed by atoms with Crippen molar-refractivity contribution in [3.05, 3.63) is 51.5 Å². The zero-order chi connectivity index (χ0) is 14.9. The Kier molecular flexibility index (Phi) is 3.99. The van der Waals surface area contributed by atoms with Crippen LogP contribution in [0.3, 0.4) is 0 Å². The maximum Gasteiger partial charge on any atom is 0.250 e. The first kappa shape index (κ1) is 14.4. The summed E-state index contributed by atoms with van der Waals surface area (Å²) < 4.78 is 1.04. The Hall–Kier alpha value is -2.01. The van der Waals surface area contributed by atoms with Crippen molar-refractivity contribution in [3.63, 3.8) is 0 Å². The quantitative estimate of drug-likeness (QED) is 0.752. The van der Waals surface area contributed by atoms with Crippen LogP contribution >= 0.6 is 15.9 Å². The molecule has 0 bridgehead atoms. The second-order valence-electron chi connectivity index (χ2n) is 4.71. The minimum absolute atomic E-state index is 0.322.